The van der Waals surface area contributed by atoms with E-state index in [1.165, 1.54) is 11.3 Å². The molecule has 0 fully saturated rings. The number of anilines is 6. The van der Waals surface area contributed by atoms with Gasteiger partial charge in [-0.3, -0.25) is 0 Å². The highest BCUT2D eigenvalue weighted by Gasteiger charge is 2.46. The van der Waals surface area contributed by atoms with Gasteiger partial charge < -0.3 is 14.2 Å². The van der Waals surface area contributed by atoms with E-state index >= 15 is 0 Å². The van der Waals surface area contributed by atoms with Crippen molar-refractivity contribution in [3.05, 3.63) is 160 Å². The quantitative estimate of drug-likeness (QED) is 0.161. The summed E-state index contributed by atoms with van der Waals surface area (Å²) in [4.78, 5) is 3.03. The molecule has 15 rings (SSSR count). The summed E-state index contributed by atoms with van der Waals surface area (Å²) in [5.74, 6) is 0. The number of benzene rings is 8. The second-order valence-electron chi connectivity index (χ2n) is 25.6. The largest absolute Gasteiger partial charge is 0.456 e. The van der Waals surface area contributed by atoms with Crippen molar-refractivity contribution in [3.8, 4) is 0 Å². The van der Waals surface area contributed by atoms with Gasteiger partial charge in [0, 0.05) is 111 Å². The van der Waals surface area contributed by atoms with Crippen LogP contribution in [0, 0.1) is 6.85 Å². The summed E-state index contributed by atoms with van der Waals surface area (Å²) in [5.41, 5.74) is -8.11. The van der Waals surface area contributed by atoms with E-state index in [9.17, 15) is 28.8 Å². The highest BCUT2D eigenvalue weighted by atomic mass is 32.1. The average Bonchev–Trinajstić information content (AvgIpc) is 1.04. The molecule has 3 nitrogen and oxygen atoms in total. The number of rotatable bonds is 2. The summed E-state index contributed by atoms with van der Waals surface area (Å²) in [5, 5.41) is -0.357. The molecule has 0 amide bonds. The molecule has 0 bridgehead atoms. The van der Waals surface area contributed by atoms with Gasteiger partial charge >= 0.3 is 0 Å². The van der Waals surface area contributed by atoms with Crippen LogP contribution >= 0.6 is 34.0 Å². The fourth-order valence-corrected chi connectivity index (χ4v) is 15.7. The molecule has 78 heavy (non-hydrogen) atoms. The van der Waals surface area contributed by atoms with E-state index in [1.54, 1.807) is 62.3 Å². The van der Waals surface area contributed by atoms with Crippen molar-refractivity contribution in [3.63, 3.8) is 0 Å². The van der Waals surface area contributed by atoms with Gasteiger partial charge in [0.1, 0.15) is 11.2 Å². The smallest absolute Gasteiger partial charge is 0.252 e. The molecule has 1 aliphatic carbocycles. The zero-order valence-electron chi connectivity index (χ0n) is 69.5. The maximum Gasteiger partial charge on any atom is 0.252 e. The topological polar surface area (TPSA) is 19.6 Å². The third kappa shape index (κ3) is 6.92. The number of thiophene rings is 3. The van der Waals surface area contributed by atoms with Crippen LogP contribution in [0.4, 0.5) is 34.1 Å². The van der Waals surface area contributed by atoms with Crippen molar-refractivity contribution in [2.75, 3.05) is 9.80 Å². The molecule has 2 aliphatic heterocycles. The third-order valence-electron chi connectivity index (χ3n) is 16.1. The average molecular weight is 1100 g/mol. The van der Waals surface area contributed by atoms with Crippen LogP contribution in [0.5, 0.6) is 0 Å². The molecular weight excluding hydrogens is 1000 g/mol. The van der Waals surface area contributed by atoms with Crippen LogP contribution in [0.15, 0.2) is 131 Å². The molecule has 0 radical (unpaired) electrons. The van der Waals surface area contributed by atoms with Crippen LogP contribution in [0.25, 0.3) is 72.4 Å². The van der Waals surface area contributed by atoms with Crippen LogP contribution in [0.1, 0.15) is 168 Å². The molecule has 8 aromatic carbocycles. The van der Waals surface area contributed by atoms with E-state index in [4.69, 9.17) is 8.53 Å². The fourth-order valence-electron chi connectivity index (χ4n) is 12.0. The van der Waals surface area contributed by atoms with Gasteiger partial charge in [0.2, 0.25) is 0 Å². The summed E-state index contributed by atoms with van der Waals surface area (Å²) in [6.07, 6.45) is 1.30. The Hall–Kier alpha value is -6.38. The molecule has 0 N–H and O–H groups in total. The standard InChI is InChI=1S/C71H67BN2OS3/c1-38-29-55-63-56(30-38)74(41-23-25-43-45-18-16-20-50(69(8,9)10)65(45)77-59(43)33-41)53-34-47-46-31-39(67(2,3)4)21-26-58(46)76-60(47)36-51(53)72(63)52-37-61-48(62-66(78-61)71(13,14)28-27-70(62,11)12)35-54(52)73(55)40-22-24-42-44-17-15-19-49(68(5,6)7)64(44)75-57(42)32-40/h15-26,29-37H,27-28H2,1-14H3/i1D3,15D,16D,17D,18D,19D,20D,21D,22D,23D,24D,25D,26D,29D,30D,31D,32D,33D,34D,35D,36D,37D. The highest BCUT2D eigenvalue weighted by molar-refractivity contribution is 7.26. The van der Waals surface area contributed by atoms with Gasteiger partial charge in [-0.25, -0.2) is 0 Å². The van der Waals surface area contributed by atoms with E-state index < -0.39 is 165 Å². The van der Waals surface area contributed by atoms with Gasteiger partial charge in [0.15, 0.2) is 0 Å². The normalized spacial score (nSPS) is 20.6. The second kappa shape index (κ2) is 15.9. The molecule has 0 saturated carbocycles. The van der Waals surface area contributed by atoms with Gasteiger partial charge in [0.05, 0.1) is 28.8 Å². The first-order valence-electron chi connectivity index (χ1n) is 38.3. The predicted octanol–water partition coefficient (Wildman–Crippen LogP) is 20.2. The minimum atomic E-state index is -3.49. The number of hydrogen-bond acceptors (Lipinski definition) is 6. The van der Waals surface area contributed by atoms with Crippen molar-refractivity contribution in [2.24, 2.45) is 0 Å². The zero-order valence-corrected chi connectivity index (χ0v) is 48.0. The highest BCUT2D eigenvalue weighted by Crippen LogP contribution is 2.55. The Labute approximate surface area is 505 Å². The molecule has 0 unspecified atom stereocenters. The molecule has 6 heterocycles. The Morgan fingerprint density at radius 1 is 0.513 bits per heavy atom. The van der Waals surface area contributed by atoms with Gasteiger partial charge in [-0.15, -0.1) is 34.0 Å². The minimum Gasteiger partial charge on any atom is -0.456 e. The van der Waals surface area contributed by atoms with Crippen LogP contribution in [0.3, 0.4) is 0 Å². The Balaban J connectivity index is 1.23. The summed E-state index contributed by atoms with van der Waals surface area (Å²) in [6, 6.07) is -11.3. The number of furan rings is 1. The number of para-hydroxylation sites is 1. The summed E-state index contributed by atoms with van der Waals surface area (Å²) < 4.78 is 248. The second-order valence-corrected chi connectivity index (χ2v) is 28.7. The monoisotopic (exact) mass is 1090 g/mol. The molecule has 388 valence electrons. The lowest BCUT2D eigenvalue weighted by atomic mass is 9.33. The Bertz CT molecular complexity index is 6000. The molecule has 3 aliphatic rings. The third-order valence-corrected chi connectivity index (χ3v) is 19.7. The Morgan fingerprint density at radius 2 is 1.12 bits per heavy atom. The first kappa shape index (κ1) is 29.7. The Morgan fingerprint density at radius 3 is 1.79 bits per heavy atom. The van der Waals surface area contributed by atoms with E-state index in [0.717, 1.165) is 37.4 Å². The fraction of sp³-hybridized carbons (Fsp3) is 0.296. The lowest BCUT2D eigenvalue weighted by Gasteiger charge is -2.44. The first-order valence-corrected chi connectivity index (χ1v) is 28.7. The maximum absolute atomic E-state index is 11.1. The van der Waals surface area contributed by atoms with Gasteiger partial charge in [-0.2, -0.15) is 0 Å². The summed E-state index contributed by atoms with van der Waals surface area (Å²) in [6.45, 7) is 18.9. The van der Waals surface area contributed by atoms with Crippen molar-refractivity contribution in [2.45, 2.75) is 137 Å². The lowest BCUT2D eigenvalue weighted by Crippen LogP contribution is -2.61. The summed E-state index contributed by atoms with van der Waals surface area (Å²) >= 11 is 3.04. The van der Waals surface area contributed by atoms with E-state index in [0.29, 0.717) is 24.0 Å². The number of fused-ring (bicyclic) bond motifs is 16. The zero-order chi connectivity index (χ0) is 74.8. The number of hydrogen-bond donors (Lipinski definition) is 0. The SMILES string of the molecule is [2H]c1c2c3c(c([2H])c1C([2H])([2H])[2H])N(c1c([2H])c([2H])c4c(sc5c(C(C)(C)C)c([2H])c([2H])c([2H])c54)c1[2H])c1c(c([2H])c4sc5c([2H])c([2H])c(C(C)(C)C)c([2H])c5c4c1[2H])B3c1c(c([2H])c3c4c(sc3c1[2H])C(C)(C)CCC4(C)C)N2c1c([2H])c([2H])c2c(oc3c(C(C)(C)C)c([2H])c([2H])c([2H])c32)c1[2H]. The molecule has 7 heteroatoms. The van der Waals surface area contributed by atoms with E-state index in [2.05, 4.69) is 13.8 Å². The van der Waals surface area contributed by atoms with Gasteiger partial charge in [-0.1, -0.05) is 138 Å². The molecule has 0 spiro atoms. The lowest BCUT2D eigenvalue weighted by molar-refractivity contribution is 0.341. The van der Waals surface area contributed by atoms with Crippen LogP contribution in [-0.2, 0) is 27.1 Å². The molecule has 4 aromatic heterocycles. The van der Waals surface area contributed by atoms with E-state index in [-0.39, 0.29) is 142 Å². The first-order chi connectivity index (χ1) is 47.0. The predicted molar refractivity (Wildman–Crippen MR) is 345 cm³/mol. The minimum absolute atomic E-state index is 0.00949. The van der Waals surface area contributed by atoms with Crippen LogP contribution in [0.2, 0.25) is 0 Å². The molecule has 0 atom stereocenters. The Kier molecular flexibility index (Phi) is 6.07. The summed E-state index contributed by atoms with van der Waals surface area (Å²) in [7, 11) is 0. The molecule has 12 aromatic rings. The molecular formula is C71H67BN2OS3. The van der Waals surface area contributed by atoms with E-state index in [1.807, 2.05) is 13.8 Å². The van der Waals surface area contributed by atoms with Crippen molar-refractivity contribution < 1.29 is 37.3 Å². The van der Waals surface area contributed by atoms with Gasteiger partial charge in [-0.05, 0) is 163 Å². The molecule has 0 saturated heterocycles. The number of nitrogens with zero attached hydrogens (tertiary/aromatic N) is 2. The van der Waals surface area contributed by atoms with Crippen molar-refractivity contribution in [1.82, 2.24) is 0 Å². The maximum atomic E-state index is 11.1. The van der Waals surface area contributed by atoms with Crippen molar-refractivity contribution in [1.29, 1.82) is 0 Å². The van der Waals surface area contributed by atoms with Gasteiger partial charge in [0.25, 0.3) is 6.71 Å². The van der Waals surface area contributed by atoms with Crippen LogP contribution in [-0.4, -0.2) is 6.71 Å². The van der Waals surface area contributed by atoms with Crippen LogP contribution < -0.4 is 26.2 Å². The van der Waals surface area contributed by atoms with Crippen molar-refractivity contribution >= 4 is 164 Å².